The van der Waals surface area contributed by atoms with Crippen molar-refractivity contribution in [1.29, 1.82) is 0 Å². The molecule has 1 saturated carbocycles. The van der Waals surface area contributed by atoms with Gasteiger partial charge in [0.1, 0.15) is 10.7 Å². The first-order chi connectivity index (χ1) is 7.95. The molecule has 0 aromatic carbocycles. The summed E-state index contributed by atoms with van der Waals surface area (Å²) in [4.78, 5) is 4.20. The van der Waals surface area contributed by atoms with E-state index in [0.29, 0.717) is 12.4 Å². The van der Waals surface area contributed by atoms with E-state index < -0.39 is 10.0 Å². The van der Waals surface area contributed by atoms with E-state index in [1.54, 1.807) is 19.2 Å². The van der Waals surface area contributed by atoms with Gasteiger partial charge in [0.15, 0.2) is 0 Å². The zero-order chi connectivity index (χ0) is 12.5. The first-order valence-corrected chi connectivity index (χ1v) is 7.07. The lowest BCUT2D eigenvalue weighted by molar-refractivity contribution is 0.530. The lowest BCUT2D eigenvalue weighted by atomic mass is 10.2. The lowest BCUT2D eigenvalue weighted by Gasteiger charge is -2.10. The van der Waals surface area contributed by atoms with E-state index in [1.807, 2.05) is 0 Å². The molecule has 1 aliphatic carbocycles. The maximum Gasteiger partial charge on any atom is 0.242 e. The quantitative estimate of drug-likeness (QED) is 0.829. The Morgan fingerprint density at radius 3 is 2.59 bits per heavy atom. The molecule has 0 bridgehead atoms. The van der Waals surface area contributed by atoms with Gasteiger partial charge in [0.05, 0.1) is 0 Å². The molecule has 6 heteroatoms. The average Bonchev–Trinajstić information content (AvgIpc) is 3.06. The van der Waals surface area contributed by atoms with Crippen LogP contribution in [0, 0.1) is 5.41 Å². The highest BCUT2D eigenvalue weighted by Crippen LogP contribution is 2.44. The van der Waals surface area contributed by atoms with Gasteiger partial charge in [-0.15, -0.1) is 0 Å². The summed E-state index contributed by atoms with van der Waals surface area (Å²) in [6.45, 7) is 2.58. The summed E-state index contributed by atoms with van der Waals surface area (Å²) >= 11 is 0. The second-order valence-corrected chi connectivity index (χ2v) is 6.53. The standard InChI is InChI=1S/C11H17N3O2S/c1-11(5-6-11)8-14-17(15,16)9-3-4-10(12-2)13-7-9/h3-4,7,14H,5-6,8H2,1-2H3,(H,12,13). The van der Waals surface area contributed by atoms with Gasteiger partial charge < -0.3 is 5.32 Å². The highest BCUT2D eigenvalue weighted by molar-refractivity contribution is 7.89. The number of anilines is 1. The number of hydrogen-bond acceptors (Lipinski definition) is 4. The maximum atomic E-state index is 11.9. The number of nitrogens with one attached hydrogen (secondary N) is 2. The normalized spacial score (nSPS) is 17.8. The van der Waals surface area contributed by atoms with Crippen molar-refractivity contribution < 1.29 is 8.42 Å². The first kappa shape index (κ1) is 12.3. The van der Waals surface area contributed by atoms with Crippen molar-refractivity contribution in [3.05, 3.63) is 18.3 Å². The molecule has 2 rings (SSSR count). The summed E-state index contributed by atoms with van der Waals surface area (Å²) in [5, 5.41) is 2.85. The van der Waals surface area contributed by atoms with Crippen molar-refractivity contribution in [2.45, 2.75) is 24.7 Å². The van der Waals surface area contributed by atoms with Gasteiger partial charge in [-0.1, -0.05) is 6.92 Å². The van der Waals surface area contributed by atoms with Crippen LogP contribution in [0.5, 0.6) is 0 Å². The Morgan fingerprint density at radius 1 is 1.41 bits per heavy atom. The third-order valence-corrected chi connectivity index (χ3v) is 4.48. The zero-order valence-corrected chi connectivity index (χ0v) is 10.8. The average molecular weight is 255 g/mol. The molecule has 0 amide bonds. The summed E-state index contributed by atoms with van der Waals surface area (Å²) < 4.78 is 26.5. The van der Waals surface area contributed by atoms with Gasteiger partial charge in [0, 0.05) is 19.8 Å². The maximum absolute atomic E-state index is 11.9. The SMILES string of the molecule is CNc1ccc(S(=O)(=O)NCC2(C)CC2)cn1. The monoisotopic (exact) mass is 255 g/mol. The van der Waals surface area contributed by atoms with Crippen LogP contribution in [0.3, 0.4) is 0 Å². The van der Waals surface area contributed by atoms with Crippen LogP contribution < -0.4 is 10.0 Å². The van der Waals surface area contributed by atoms with Crippen LogP contribution in [0.2, 0.25) is 0 Å². The van der Waals surface area contributed by atoms with Gasteiger partial charge >= 0.3 is 0 Å². The summed E-state index contributed by atoms with van der Waals surface area (Å²) in [6, 6.07) is 3.20. The summed E-state index contributed by atoms with van der Waals surface area (Å²) in [5.74, 6) is 0.651. The van der Waals surface area contributed by atoms with Crippen molar-refractivity contribution in [1.82, 2.24) is 9.71 Å². The largest absolute Gasteiger partial charge is 0.373 e. The number of rotatable bonds is 5. The second kappa shape index (κ2) is 4.27. The van der Waals surface area contributed by atoms with Crippen LogP contribution in [0.1, 0.15) is 19.8 Å². The summed E-state index contributed by atoms with van der Waals surface area (Å²) in [6.07, 6.45) is 3.54. The molecule has 0 unspecified atom stereocenters. The van der Waals surface area contributed by atoms with Crippen LogP contribution >= 0.6 is 0 Å². The number of hydrogen-bond donors (Lipinski definition) is 2. The Balaban J connectivity index is 2.07. The number of sulfonamides is 1. The number of nitrogens with zero attached hydrogens (tertiary/aromatic N) is 1. The minimum Gasteiger partial charge on any atom is -0.373 e. The highest BCUT2D eigenvalue weighted by atomic mass is 32.2. The van der Waals surface area contributed by atoms with E-state index in [1.165, 1.54) is 6.20 Å². The molecule has 1 fully saturated rings. The Hall–Kier alpha value is -1.14. The molecular weight excluding hydrogens is 238 g/mol. The lowest BCUT2D eigenvalue weighted by Crippen LogP contribution is -2.29. The van der Waals surface area contributed by atoms with E-state index in [9.17, 15) is 8.42 Å². The molecule has 1 aromatic heterocycles. The summed E-state index contributed by atoms with van der Waals surface area (Å²) in [5.41, 5.74) is 0.158. The molecule has 5 nitrogen and oxygen atoms in total. The van der Waals surface area contributed by atoms with Crippen LogP contribution in [-0.2, 0) is 10.0 Å². The predicted octanol–water partition coefficient (Wildman–Crippen LogP) is 1.20. The van der Waals surface area contributed by atoms with Gasteiger partial charge in [-0.3, -0.25) is 0 Å². The van der Waals surface area contributed by atoms with E-state index in [2.05, 4.69) is 21.9 Å². The van der Waals surface area contributed by atoms with Gasteiger partial charge in [-0.25, -0.2) is 18.1 Å². The van der Waals surface area contributed by atoms with Crippen molar-refractivity contribution >= 4 is 15.8 Å². The Labute approximate surface area is 102 Å². The fourth-order valence-corrected chi connectivity index (χ4v) is 2.57. The van der Waals surface area contributed by atoms with Gasteiger partial charge in [-0.2, -0.15) is 0 Å². The molecule has 2 N–H and O–H groups in total. The minimum absolute atomic E-state index is 0.158. The Morgan fingerprint density at radius 2 is 2.12 bits per heavy atom. The van der Waals surface area contributed by atoms with Gasteiger partial charge in [0.25, 0.3) is 0 Å². The minimum atomic E-state index is -3.42. The molecule has 1 aliphatic rings. The Kier molecular flexibility index (Phi) is 3.09. The third kappa shape index (κ3) is 2.95. The smallest absolute Gasteiger partial charge is 0.242 e. The van der Waals surface area contributed by atoms with Crippen LogP contribution in [0.15, 0.2) is 23.2 Å². The van der Waals surface area contributed by atoms with Crippen LogP contribution in [-0.4, -0.2) is 27.0 Å². The Bertz CT molecular complexity index is 492. The first-order valence-electron chi connectivity index (χ1n) is 5.59. The van der Waals surface area contributed by atoms with Gasteiger partial charge in [0.2, 0.25) is 10.0 Å². The van der Waals surface area contributed by atoms with Gasteiger partial charge in [-0.05, 0) is 30.4 Å². The van der Waals surface area contributed by atoms with E-state index in [0.717, 1.165) is 12.8 Å². The van der Waals surface area contributed by atoms with Crippen LogP contribution in [0.25, 0.3) is 0 Å². The molecule has 94 valence electrons. The number of aromatic nitrogens is 1. The third-order valence-electron chi connectivity index (χ3n) is 3.10. The molecule has 17 heavy (non-hydrogen) atoms. The molecule has 0 radical (unpaired) electrons. The van der Waals surface area contributed by atoms with Crippen LogP contribution in [0.4, 0.5) is 5.82 Å². The molecule has 1 heterocycles. The predicted molar refractivity (Wildman–Crippen MR) is 66.3 cm³/mol. The molecule has 0 atom stereocenters. The molecule has 0 saturated heterocycles. The fraction of sp³-hybridized carbons (Fsp3) is 0.545. The van der Waals surface area contributed by atoms with E-state index in [-0.39, 0.29) is 10.3 Å². The van der Waals surface area contributed by atoms with Crippen molar-refractivity contribution in [3.8, 4) is 0 Å². The number of pyridine rings is 1. The zero-order valence-electron chi connectivity index (χ0n) is 10.0. The molecule has 1 aromatic rings. The second-order valence-electron chi connectivity index (χ2n) is 4.76. The van der Waals surface area contributed by atoms with Crippen molar-refractivity contribution in [2.24, 2.45) is 5.41 Å². The highest BCUT2D eigenvalue weighted by Gasteiger charge is 2.38. The molecular formula is C11H17N3O2S. The molecule has 0 aliphatic heterocycles. The fourth-order valence-electron chi connectivity index (χ4n) is 1.43. The van der Waals surface area contributed by atoms with E-state index >= 15 is 0 Å². The van der Waals surface area contributed by atoms with E-state index in [4.69, 9.17) is 0 Å². The van der Waals surface area contributed by atoms with Crippen molar-refractivity contribution in [2.75, 3.05) is 18.9 Å². The summed E-state index contributed by atoms with van der Waals surface area (Å²) in [7, 11) is -1.68. The molecule has 0 spiro atoms. The van der Waals surface area contributed by atoms with Crippen molar-refractivity contribution in [3.63, 3.8) is 0 Å². The topological polar surface area (TPSA) is 71.1 Å².